The molecule has 0 atom stereocenters. The Balaban J connectivity index is 1.75. The first-order valence-electron chi connectivity index (χ1n) is 9.97. The zero-order chi connectivity index (χ0) is 20.1. The fourth-order valence-electron chi connectivity index (χ4n) is 4.85. The maximum absolute atomic E-state index is 12.4. The second kappa shape index (κ2) is 6.66. The smallest absolute Gasteiger partial charge is 0.412 e. The third kappa shape index (κ3) is 2.63. The summed E-state index contributed by atoms with van der Waals surface area (Å²) in [4.78, 5) is 12.4. The van der Waals surface area contributed by atoms with Crippen LogP contribution < -0.4 is 14.8 Å². The lowest BCUT2D eigenvalue weighted by Gasteiger charge is -2.43. The van der Waals surface area contributed by atoms with Gasteiger partial charge in [-0.1, -0.05) is 48.5 Å². The molecule has 1 amide bonds. The number of nitrogens with one attached hydrogen (secondary N) is 1. The summed E-state index contributed by atoms with van der Waals surface area (Å²) >= 11 is 0. The zero-order valence-corrected chi connectivity index (χ0v) is 16.7. The molecule has 3 aromatic rings. The number of benzene rings is 3. The molecule has 0 saturated carbocycles. The lowest BCUT2D eigenvalue weighted by Crippen LogP contribution is -2.34. The van der Waals surface area contributed by atoms with Crippen LogP contribution in [0.1, 0.15) is 59.1 Å². The zero-order valence-electron chi connectivity index (χ0n) is 16.7. The van der Waals surface area contributed by atoms with Crippen molar-refractivity contribution in [1.29, 1.82) is 0 Å². The summed E-state index contributed by atoms with van der Waals surface area (Å²) in [5.74, 6) is 1.50. The first-order chi connectivity index (χ1) is 14.1. The summed E-state index contributed by atoms with van der Waals surface area (Å²) in [6.07, 6.45) is -0.435. The van der Waals surface area contributed by atoms with Crippen LogP contribution in [0.2, 0.25) is 0 Å². The van der Waals surface area contributed by atoms with Crippen LogP contribution in [0.15, 0.2) is 60.7 Å². The number of rotatable bonds is 3. The van der Waals surface area contributed by atoms with Gasteiger partial charge in [0.15, 0.2) is 0 Å². The molecule has 1 N–H and O–H groups in total. The molecule has 0 heterocycles. The topological polar surface area (TPSA) is 47.6 Å². The molecule has 29 heavy (non-hydrogen) atoms. The number of amides is 1. The summed E-state index contributed by atoms with van der Waals surface area (Å²) in [7, 11) is 1.70. The molecule has 0 saturated heterocycles. The van der Waals surface area contributed by atoms with Crippen molar-refractivity contribution in [2.75, 3.05) is 7.11 Å². The van der Waals surface area contributed by atoms with Gasteiger partial charge in [-0.25, -0.2) is 4.79 Å². The molecular weight excluding hydrogens is 362 g/mol. The lowest BCUT2D eigenvalue weighted by molar-refractivity contribution is 0.197. The predicted molar refractivity (Wildman–Crippen MR) is 112 cm³/mol. The Hall–Kier alpha value is -3.27. The van der Waals surface area contributed by atoms with Crippen molar-refractivity contribution in [3.63, 3.8) is 0 Å². The summed E-state index contributed by atoms with van der Waals surface area (Å²) < 4.78 is 11.6. The Labute approximate surface area is 170 Å². The average Bonchev–Trinajstić information content (AvgIpc) is 2.73. The van der Waals surface area contributed by atoms with Crippen LogP contribution in [0.3, 0.4) is 0 Å². The standard InChI is InChI=1S/C25H23NO3/c1-14(2)26-25(27)29-20-13-12-19(28-3)23-21-15-8-4-6-10-17(15)22(24(20)23)18-11-7-5-9-16(18)21/h4-14,21-22H,1-3H3,(H,26,27). The van der Waals surface area contributed by atoms with E-state index in [9.17, 15) is 4.79 Å². The van der Waals surface area contributed by atoms with E-state index in [1.54, 1.807) is 7.11 Å². The quantitative estimate of drug-likeness (QED) is 0.466. The van der Waals surface area contributed by atoms with Crippen molar-refractivity contribution in [3.8, 4) is 11.5 Å². The SMILES string of the molecule is COc1ccc(OC(=O)NC(C)C)c2c1C1c3ccccc3C2c2ccccc21. The molecule has 3 aliphatic rings. The minimum atomic E-state index is -0.435. The van der Waals surface area contributed by atoms with E-state index < -0.39 is 6.09 Å². The summed E-state index contributed by atoms with van der Waals surface area (Å²) in [6.45, 7) is 3.83. The van der Waals surface area contributed by atoms with Gasteiger partial charge >= 0.3 is 6.09 Å². The molecule has 6 rings (SSSR count). The van der Waals surface area contributed by atoms with E-state index in [2.05, 4.69) is 53.8 Å². The first-order valence-corrected chi connectivity index (χ1v) is 9.97. The van der Waals surface area contributed by atoms with E-state index in [-0.39, 0.29) is 17.9 Å². The Bertz CT molecular complexity index is 1070. The van der Waals surface area contributed by atoms with Crippen molar-refractivity contribution >= 4 is 6.09 Å². The summed E-state index contributed by atoms with van der Waals surface area (Å²) in [6, 6.07) is 20.9. The third-order valence-electron chi connectivity index (χ3n) is 5.85. The normalized spacial score (nSPS) is 17.9. The van der Waals surface area contributed by atoms with Gasteiger partial charge in [0.1, 0.15) is 11.5 Å². The molecule has 0 fully saturated rings. The first kappa shape index (κ1) is 17.8. The predicted octanol–water partition coefficient (Wildman–Crippen LogP) is 5.18. The maximum Gasteiger partial charge on any atom is 0.412 e. The average molecular weight is 385 g/mol. The highest BCUT2D eigenvalue weighted by atomic mass is 16.6. The number of carbonyl (C=O) groups excluding carboxylic acids is 1. The van der Waals surface area contributed by atoms with Crippen LogP contribution in [0.5, 0.6) is 11.5 Å². The molecule has 0 aliphatic heterocycles. The van der Waals surface area contributed by atoms with Gasteiger partial charge in [0.05, 0.1) is 7.11 Å². The molecular formula is C25H23NO3. The Morgan fingerprint density at radius 3 is 1.69 bits per heavy atom. The molecule has 3 aromatic carbocycles. The van der Waals surface area contributed by atoms with E-state index in [4.69, 9.17) is 9.47 Å². The van der Waals surface area contributed by atoms with Gasteiger partial charge in [-0.15, -0.1) is 0 Å². The highest BCUT2D eigenvalue weighted by molar-refractivity contribution is 5.76. The molecule has 146 valence electrons. The molecule has 4 nitrogen and oxygen atoms in total. The van der Waals surface area contributed by atoms with Crippen molar-refractivity contribution in [3.05, 3.63) is 94.0 Å². The van der Waals surface area contributed by atoms with Crippen LogP contribution in [0, 0.1) is 0 Å². The molecule has 0 spiro atoms. The van der Waals surface area contributed by atoms with Crippen molar-refractivity contribution in [2.45, 2.75) is 31.7 Å². The van der Waals surface area contributed by atoms with E-state index in [0.717, 1.165) is 16.9 Å². The fourth-order valence-corrected chi connectivity index (χ4v) is 4.85. The molecule has 0 aromatic heterocycles. The van der Waals surface area contributed by atoms with Crippen molar-refractivity contribution < 1.29 is 14.3 Å². The number of hydrogen-bond donors (Lipinski definition) is 1. The Kier molecular flexibility index (Phi) is 4.09. The number of carbonyl (C=O) groups is 1. The molecule has 3 aliphatic carbocycles. The third-order valence-corrected chi connectivity index (χ3v) is 5.85. The van der Waals surface area contributed by atoms with Crippen LogP contribution in [-0.2, 0) is 0 Å². The monoisotopic (exact) mass is 385 g/mol. The van der Waals surface area contributed by atoms with Gasteiger partial charge < -0.3 is 14.8 Å². The second-order valence-corrected chi connectivity index (χ2v) is 7.91. The van der Waals surface area contributed by atoms with Gasteiger partial charge in [0, 0.05) is 29.0 Å². The number of methoxy groups -OCH3 is 1. The Morgan fingerprint density at radius 2 is 1.24 bits per heavy atom. The van der Waals surface area contributed by atoms with Crippen LogP contribution >= 0.6 is 0 Å². The summed E-state index contributed by atoms with van der Waals surface area (Å²) in [5.41, 5.74) is 7.27. The minimum absolute atomic E-state index is 0.00878. The van der Waals surface area contributed by atoms with Gasteiger partial charge in [-0.2, -0.15) is 0 Å². The van der Waals surface area contributed by atoms with Crippen LogP contribution in [-0.4, -0.2) is 19.2 Å². The van der Waals surface area contributed by atoms with Crippen LogP contribution in [0.4, 0.5) is 4.79 Å². The van der Waals surface area contributed by atoms with E-state index in [1.165, 1.54) is 22.3 Å². The second-order valence-electron chi connectivity index (χ2n) is 7.91. The number of ether oxygens (including phenoxy) is 2. The molecule has 0 radical (unpaired) electrons. The largest absolute Gasteiger partial charge is 0.496 e. The number of hydrogen-bond acceptors (Lipinski definition) is 3. The summed E-state index contributed by atoms with van der Waals surface area (Å²) in [5, 5.41) is 2.82. The van der Waals surface area contributed by atoms with Gasteiger partial charge in [-0.3, -0.25) is 0 Å². The van der Waals surface area contributed by atoms with Crippen molar-refractivity contribution in [1.82, 2.24) is 5.32 Å². The van der Waals surface area contributed by atoms with E-state index in [1.807, 2.05) is 26.0 Å². The minimum Gasteiger partial charge on any atom is -0.496 e. The van der Waals surface area contributed by atoms with Crippen LogP contribution in [0.25, 0.3) is 0 Å². The molecule has 0 unspecified atom stereocenters. The molecule has 4 heteroatoms. The van der Waals surface area contributed by atoms with Gasteiger partial charge in [0.2, 0.25) is 0 Å². The van der Waals surface area contributed by atoms with Gasteiger partial charge in [0.25, 0.3) is 0 Å². The highest BCUT2D eigenvalue weighted by Crippen LogP contribution is 2.59. The van der Waals surface area contributed by atoms with Crippen molar-refractivity contribution in [2.24, 2.45) is 0 Å². The maximum atomic E-state index is 12.4. The fraction of sp³-hybridized carbons (Fsp3) is 0.240. The molecule has 2 bridgehead atoms. The Morgan fingerprint density at radius 1 is 0.793 bits per heavy atom. The van der Waals surface area contributed by atoms with E-state index >= 15 is 0 Å². The lowest BCUT2D eigenvalue weighted by atomic mass is 9.60. The highest BCUT2D eigenvalue weighted by Gasteiger charge is 2.44. The van der Waals surface area contributed by atoms with E-state index in [0.29, 0.717) is 5.75 Å². The van der Waals surface area contributed by atoms with Gasteiger partial charge in [-0.05, 0) is 48.2 Å².